The fraction of sp³-hybridized carbons (Fsp3) is 0.185. The minimum Gasteiger partial charge on any atom is -0.382 e. The number of nitrogens with zero attached hydrogens (tertiary/aromatic N) is 4. The summed E-state index contributed by atoms with van der Waals surface area (Å²) in [4.78, 5) is 26.1. The van der Waals surface area contributed by atoms with E-state index in [0.717, 1.165) is 48.4 Å². The number of aromatic nitrogens is 4. The van der Waals surface area contributed by atoms with E-state index >= 15 is 0 Å². The van der Waals surface area contributed by atoms with E-state index in [1.54, 1.807) is 36.7 Å². The summed E-state index contributed by atoms with van der Waals surface area (Å²) in [7, 11) is 0. The first-order chi connectivity index (χ1) is 17.1. The molecule has 8 nitrogen and oxygen atoms in total. The summed E-state index contributed by atoms with van der Waals surface area (Å²) in [5, 5.41) is 6.30. The molecule has 3 aromatic heterocycles. The number of carbonyl (C=O) groups is 1. The summed E-state index contributed by atoms with van der Waals surface area (Å²) in [6.45, 7) is 4.59. The van der Waals surface area contributed by atoms with Gasteiger partial charge in [-0.05, 0) is 49.1 Å². The van der Waals surface area contributed by atoms with Gasteiger partial charge in [0.15, 0.2) is 0 Å². The van der Waals surface area contributed by atoms with Gasteiger partial charge in [-0.15, -0.1) is 6.58 Å². The van der Waals surface area contributed by atoms with Crippen molar-refractivity contribution in [3.63, 3.8) is 0 Å². The predicted octanol–water partition coefficient (Wildman–Crippen LogP) is 4.34. The van der Waals surface area contributed by atoms with Crippen LogP contribution in [-0.4, -0.2) is 37.8 Å². The molecule has 0 fully saturated rings. The molecule has 0 radical (unpaired) electrons. The van der Waals surface area contributed by atoms with E-state index in [4.69, 9.17) is 10.7 Å². The zero-order chi connectivity index (χ0) is 24.2. The smallest absolute Gasteiger partial charge is 0.256 e. The van der Waals surface area contributed by atoms with Crippen molar-refractivity contribution in [2.24, 2.45) is 0 Å². The lowest BCUT2D eigenvalue weighted by molar-refractivity contribution is 0.102. The Morgan fingerprint density at radius 1 is 1.17 bits per heavy atom. The monoisotopic (exact) mass is 465 g/mol. The molecular weight excluding hydrogens is 438 g/mol. The summed E-state index contributed by atoms with van der Waals surface area (Å²) in [5.74, 6) is 1.58. The molecule has 0 spiro atoms. The van der Waals surface area contributed by atoms with Crippen LogP contribution in [0.2, 0.25) is 0 Å². The third kappa shape index (κ3) is 4.69. The summed E-state index contributed by atoms with van der Waals surface area (Å²) in [6.07, 6.45) is 12.3. The van der Waals surface area contributed by atoms with Crippen LogP contribution in [0.1, 0.15) is 35.4 Å². The average molecular weight is 466 g/mol. The van der Waals surface area contributed by atoms with Crippen molar-refractivity contribution in [2.45, 2.75) is 25.3 Å². The van der Waals surface area contributed by atoms with Crippen molar-refractivity contribution >= 4 is 28.6 Å². The van der Waals surface area contributed by atoms with Gasteiger partial charge in [0.05, 0.1) is 0 Å². The van der Waals surface area contributed by atoms with Crippen LogP contribution in [0.25, 0.3) is 22.3 Å². The Morgan fingerprint density at radius 2 is 2.03 bits per heavy atom. The van der Waals surface area contributed by atoms with Gasteiger partial charge in [-0.25, -0.2) is 15.0 Å². The minimum atomic E-state index is -0.223. The Labute approximate surface area is 203 Å². The summed E-state index contributed by atoms with van der Waals surface area (Å²) in [6, 6.07) is 13.1. The van der Waals surface area contributed by atoms with Crippen molar-refractivity contribution in [3.05, 3.63) is 91.2 Å². The lowest BCUT2D eigenvalue weighted by atomic mass is 9.94. The Kier molecular flexibility index (Phi) is 6.36. The first-order valence-corrected chi connectivity index (χ1v) is 11.6. The number of imidazole rings is 1. The highest BCUT2D eigenvalue weighted by molar-refractivity contribution is 6.04. The molecule has 3 heterocycles. The highest BCUT2D eigenvalue weighted by atomic mass is 16.1. The van der Waals surface area contributed by atoms with Crippen molar-refractivity contribution < 1.29 is 4.79 Å². The topological polar surface area (TPSA) is 110 Å². The Hall–Kier alpha value is -4.30. The maximum absolute atomic E-state index is 12.6. The normalized spacial score (nSPS) is 15.5. The number of anilines is 2. The van der Waals surface area contributed by atoms with Crippen LogP contribution >= 0.6 is 0 Å². The quantitative estimate of drug-likeness (QED) is 0.350. The van der Waals surface area contributed by atoms with Gasteiger partial charge < -0.3 is 16.4 Å². The molecule has 35 heavy (non-hydrogen) atoms. The van der Waals surface area contributed by atoms with Crippen LogP contribution in [0.4, 0.5) is 11.6 Å². The molecule has 1 aromatic carbocycles. The van der Waals surface area contributed by atoms with Gasteiger partial charge in [-0.3, -0.25) is 9.20 Å². The molecule has 4 N–H and O–H groups in total. The number of rotatable bonds is 7. The summed E-state index contributed by atoms with van der Waals surface area (Å²) < 4.78 is 2.02. The van der Waals surface area contributed by atoms with E-state index in [1.165, 1.54) is 5.57 Å². The summed E-state index contributed by atoms with van der Waals surface area (Å²) >= 11 is 0. The second-order valence-corrected chi connectivity index (χ2v) is 8.46. The molecule has 176 valence electrons. The molecule has 8 heteroatoms. The second kappa shape index (κ2) is 9.90. The van der Waals surface area contributed by atoms with Gasteiger partial charge in [-0.1, -0.05) is 30.4 Å². The molecule has 4 aromatic rings. The maximum atomic E-state index is 12.6. The third-order valence-electron chi connectivity index (χ3n) is 6.16. The first kappa shape index (κ1) is 22.5. The fourth-order valence-electron chi connectivity index (χ4n) is 4.37. The lowest BCUT2D eigenvalue weighted by Gasteiger charge is -2.22. The fourth-order valence-corrected chi connectivity index (χ4v) is 4.37. The minimum absolute atomic E-state index is 0.223. The van der Waals surface area contributed by atoms with Crippen molar-refractivity contribution in [1.82, 2.24) is 24.7 Å². The zero-order valence-corrected chi connectivity index (χ0v) is 19.3. The number of pyridine rings is 1. The van der Waals surface area contributed by atoms with Gasteiger partial charge >= 0.3 is 0 Å². The van der Waals surface area contributed by atoms with Gasteiger partial charge in [0, 0.05) is 42.3 Å². The Bertz CT molecular complexity index is 1390. The van der Waals surface area contributed by atoms with Crippen molar-refractivity contribution in [2.75, 3.05) is 17.6 Å². The highest BCUT2D eigenvalue weighted by Crippen LogP contribution is 2.33. The van der Waals surface area contributed by atoms with E-state index < -0.39 is 0 Å². The molecule has 0 bridgehead atoms. The van der Waals surface area contributed by atoms with Crippen LogP contribution < -0.4 is 16.4 Å². The number of amides is 1. The van der Waals surface area contributed by atoms with E-state index in [0.29, 0.717) is 23.2 Å². The van der Waals surface area contributed by atoms with Crippen LogP contribution in [0.15, 0.2) is 79.8 Å². The number of nitrogen functional groups attached to an aromatic ring is 1. The lowest BCUT2D eigenvalue weighted by Crippen LogP contribution is -2.30. The number of hydrogen-bond donors (Lipinski definition) is 3. The SMILES string of the molecule is C=CCNC1CC=C(c2nc(-c3ccc(C(=O)Nc4ccccn4)cc3)c3c(N)nccn23)CC1. The number of nitrogens with two attached hydrogens (primary N) is 1. The third-order valence-corrected chi connectivity index (χ3v) is 6.16. The van der Waals surface area contributed by atoms with E-state index in [2.05, 4.69) is 33.3 Å². The summed E-state index contributed by atoms with van der Waals surface area (Å²) in [5.41, 5.74) is 10.4. The van der Waals surface area contributed by atoms with Gasteiger partial charge in [0.1, 0.15) is 28.7 Å². The average Bonchev–Trinajstić information content (AvgIpc) is 3.29. The molecule has 1 amide bonds. The van der Waals surface area contributed by atoms with Crippen LogP contribution in [-0.2, 0) is 0 Å². The Morgan fingerprint density at radius 3 is 2.74 bits per heavy atom. The molecule has 1 unspecified atom stereocenters. The van der Waals surface area contributed by atoms with E-state index in [9.17, 15) is 4.79 Å². The highest BCUT2D eigenvalue weighted by Gasteiger charge is 2.22. The zero-order valence-electron chi connectivity index (χ0n) is 19.3. The standard InChI is InChI=1S/C27H27N7O/c1-2-14-29-21-12-10-19(11-13-21)26-33-23(24-25(28)31-16-17-34(24)26)18-6-8-20(9-7-18)27(35)32-22-5-3-4-15-30-22/h2-10,15-17,21,29H,1,11-14H2,(H2,28,31)(H,30,32,35). The number of hydrogen-bond acceptors (Lipinski definition) is 6. The number of fused-ring (bicyclic) bond motifs is 1. The van der Waals surface area contributed by atoms with Crippen LogP contribution in [0.3, 0.4) is 0 Å². The predicted molar refractivity (Wildman–Crippen MR) is 139 cm³/mol. The molecule has 1 aliphatic carbocycles. The number of nitrogens with one attached hydrogen (secondary N) is 2. The van der Waals surface area contributed by atoms with Gasteiger partial charge in [0.25, 0.3) is 5.91 Å². The molecule has 1 atom stereocenters. The number of benzene rings is 1. The Balaban J connectivity index is 1.44. The van der Waals surface area contributed by atoms with Crippen molar-refractivity contribution in [3.8, 4) is 11.3 Å². The molecule has 0 saturated heterocycles. The van der Waals surface area contributed by atoms with Crippen molar-refractivity contribution in [1.29, 1.82) is 0 Å². The van der Waals surface area contributed by atoms with E-state index in [1.807, 2.05) is 34.9 Å². The van der Waals surface area contributed by atoms with Crippen LogP contribution in [0, 0.1) is 0 Å². The largest absolute Gasteiger partial charge is 0.382 e. The second-order valence-electron chi connectivity index (χ2n) is 8.46. The number of allylic oxidation sites excluding steroid dienone is 1. The first-order valence-electron chi connectivity index (χ1n) is 11.6. The molecule has 0 aliphatic heterocycles. The number of carbonyl (C=O) groups excluding carboxylic acids is 1. The molecule has 0 saturated carbocycles. The van der Waals surface area contributed by atoms with E-state index in [-0.39, 0.29) is 5.91 Å². The van der Waals surface area contributed by atoms with Gasteiger partial charge in [-0.2, -0.15) is 0 Å². The van der Waals surface area contributed by atoms with Gasteiger partial charge in [0.2, 0.25) is 0 Å². The molecule has 1 aliphatic rings. The molecule has 5 rings (SSSR count). The maximum Gasteiger partial charge on any atom is 0.256 e. The molecular formula is C27H27N7O. The van der Waals surface area contributed by atoms with Crippen LogP contribution in [0.5, 0.6) is 0 Å².